The van der Waals surface area contributed by atoms with Crippen LogP contribution in [0, 0.1) is 5.92 Å². The molecule has 0 radical (unpaired) electrons. The summed E-state index contributed by atoms with van der Waals surface area (Å²) in [6.07, 6.45) is -0.547. The zero-order valence-electron chi connectivity index (χ0n) is 11.8. The Kier molecular flexibility index (Phi) is 4.66. The van der Waals surface area contributed by atoms with Crippen LogP contribution >= 0.6 is 0 Å². The molecule has 0 fully saturated rings. The number of rotatable bonds is 5. The molecule has 1 aliphatic heterocycles. The van der Waals surface area contributed by atoms with Gasteiger partial charge in [0, 0.05) is 6.04 Å². The van der Waals surface area contributed by atoms with E-state index in [2.05, 4.69) is 19.2 Å². The van der Waals surface area contributed by atoms with Gasteiger partial charge in [-0.05, 0) is 37.1 Å². The highest BCUT2D eigenvalue weighted by Gasteiger charge is 2.19. The summed E-state index contributed by atoms with van der Waals surface area (Å²) in [5.41, 5.74) is 0.855. The van der Waals surface area contributed by atoms with Crippen molar-refractivity contribution in [3.63, 3.8) is 0 Å². The molecule has 1 aliphatic rings. The fourth-order valence-electron chi connectivity index (χ4n) is 2.07. The minimum Gasteiger partial charge on any atom is -0.486 e. The predicted octanol–water partition coefficient (Wildman–Crippen LogP) is 2.13. The summed E-state index contributed by atoms with van der Waals surface area (Å²) in [6.45, 7) is 8.33. The Morgan fingerprint density at radius 1 is 1.16 bits per heavy atom. The van der Waals surface area contributed by atoms with Gasteiger partial charge in [-0.3, -0.25) is 0 Å². The molecule has 106 valence electrons. The Bertz CT molecular complexity index is 420. The van der Waals surface area contributed by atoms with Gasteiger partial charge in [0.05, 0.1) is 6.10 Å². The summed E-state index contributed by atoms with van der Waals surface area (Å²) in [4.78, 5) is 0. The first-order chi connectivity index (χ1) is 9.08. The third-order valence-corrected chi connectivity index (χ3v) is 3.23. The lowest BCUT2D eigenvalue weighted by molar-refractivity contribution is 0.132. The molecule has 0 spiro atoms. The van der Waals surface area contributed by atoms with Crippen molar-refractivity contribution in [2.45, 2.75) is 32.9 Å². The molecule has 4 heteroatoms. The number of nitrogens with one attached hydrogen (secondary N) is 1. The fraction of sp³-hybridized carbons (Fsp3) is 0.600. The first kappa shape index (κ1) is 14.2. The lowest BCUT2D eigenvalue weighted by atomic mass is 10.0. The Labute approximate surface area is 114 Å². The molecule has 0 aliphatic carbocycles. The molecule has 4 nitrogen and oxygen atoms in total. The minimum atomic E-state index is -0.547. The smallest absolute Gasteiger partial charge is 0.161 e. The van der Waals surface area contributed by atoms with E-state index in [9.17, 15) is 5.11 Å². The third kappa shape index (κ3) is 3.61. The first-order valence-electron chi connectivity index (χ1n) is 6.89. The zero-order chi connectivity index (χ0) is 13.8. The maximum absolute atomic E-state index is 10.3. The highest BCUT2D eigenvalue weighted by Crippen LogP contribution is 2.33. The van der Waals surface area contributed by atoms with E-state index in [-0.39, 0.29) is 6.04 Å². The van der Waals surface area contributed by atoms with Crippen LogP contribution in [0.2, 0.25) is 0 Å². The van der Waals surface area contributed by atoms with Crippen LogP contribution in [-0.2, 0) is 0 Å². The summed E-state index contributed by atoms with van der Waals surface area (Å²) in [6, 6.07) is 5.63. The first-order valence-corrected chi connectivity index (χ1v) is 6.89. The second kappa shape index (κ2) is 6.26. The molecule has 1 aromatic carbocycles. The highest BCUT2D eigenvalue weighted by atomic mass is 16.6. The average molecular weight is 265 g/mol. The molecule has 0 saturated carbocycles. The van der Waals surface area contributed by atoms with Crippen LogP contribution in [0.1, 0.15) is 32.4 Å². The molecule has 2 unspecified atom stereocenters. The van der Waals surface area contributed by atoms with Gasteiger partial charge in [0.25, 0.3) is 0 Å². The van der Waals surface area contributed by atoms with Crippen molar-refractivity contribution >= 4 is 0 Å². The normalized spacial score (nSPS) is 17.3. The van der Waals surface area contributed by atoms with Crippen molar-refractivity contribution in [3.8, 4) is 11.5 Å². The molecule has 2 N–H and O–H groups in total. The number of ether oxygens (including phenoxy) is 2. The van der Waals surface area contributed by atoms with E-state index in [0.717, 1.165) is 23.6 Å². The van der Waals surface area contributed by atoms with Crippen LogP contribution < -0.4 is 14.8 Å². The van der Waals surface area contributed by atoms with Gasteiger partial charge in [0.1, 0.15) is 13.2 Å². The minimum absolute atomic E-state index is 0.00459. The second-order valence-electron chi connectivity index (χ2n) is 5.44. The Balaban J connectivity index is 2.04. The molecule has 0 bridgehead atoms. The van der Waals surface area contributed by atoms with E-state index >= 15 is 0 Å². The number of benzene rings is 1. The lowest BCUT2D eigenvalue weighted by Crippen LogP contribution is -2.34. The van der Waals surface area contributed by atoms with Crippen molar-refractivity contribution in [2.75, 3.05) is 19.8 Å². The maximum Gasteiger partial charge on any atom is 0.161 e. The van der Waals surface area contributed by atoms with Gasteiger partial charge >= 0.3 is 0 Å². The van der Waals surface area contributed by atoms with Gasteiger partial charge in [-0.2, -0.15) is 0 Å². The number of hydrogen-bond donors (Lipinski definition) is 2. The van der Waals surface area contributed by atoms with Crippen molar-refractivity contribution in [1.29, 1.82) is 0 Å². The monoisotopic (exact) mass is 265 g/mol. The highest BCUT2D eigenvalue weighted by molar-refractivity contribution is 5.44. The van der Waals surface area contributed by atoms with Crippen molar-refractivity contribution in [2.24, 2.45) is 5.92 Å². The number of hydrogen-bond acceptors (Lipinski definition) is 4. The van der Waals surface area contributed by atoms with Gasteiger partial charge in [0.2, 0.25) is 0 Å². The SMILES string of the molecule is CC(C)CNC(C)C(O)c1ccc2c(c1)OCCO2. The van der Waals surface area contributed by atoms with E-state index in [1.54, 1.807) is 0 Å². The van der Waals surface area contributed by atoms with Crippen LogP contribution in [-0.4, -0.2) is 30.9 Å². The topological polar surface area (TPSA) is 50.7 Å². The molecule has 0 aromatic heterocycles. The average Bonchev–Trinajstić information content (AvgIpc) is 2.43. The Hall–Kier alpha value is -1.26. The third-order valence-electron chi connectivity index (χ3n) is 3.23. The molecule has 19 heavy (non-hydrogen) atoms. The maximum atomic E-state index is 10.3. The van der Waals surface area contributed by atoms with E-state index in [4.69, 9.17) is 9.47 Å². The summed E-state index contributed by atoms with van der Waals surface area (Å²) >= 11 is 0. The number of aliphatic hydroxyl groups excluding tert-OH is 1. The van der Waals surface area contributed by atoms with E-state index in [0.29, 0.717) is 19.1 Å². The van der Waals surface area contributed by atoms with E-state index in [1.165, 1.54) is 0 Å². The quantitative estimate of drug-likeness (QED) is 0.856. The Morgan fingerprint density at radius 2 is 1.84 bits per heavy atom. The molecule has 1 aromatic rings. The van der Waals surface area contributed by atoms with Crippen LogP contribution in [0.5, 0.6) is 11.5 Å². The van der Waals surface area contributed by atoms with Crippen LogP contribution in [0.25, 0.3) is 0 Å². The zero-order valence-corrected chi connectivity index (χ0v) is 11.8. The second-order valence-corrected chi connectivity index (χ2v) is 5.44. The molecule has 0 saturated heterocycles. The fourth-order valence-corrected chi connectivity index (χ4v) is 2.07. The van der Waals surface area contributed by atoms with Gasteiger partial charge < -0.3 is 19.9 Å². The number of aliphatic hydroxyl groups is 1. The van der Waals surface area contributed by atoms with E-state index < -0.39 is 6.10 Å². The van der Waals surface area contributed by atoms with Crippen LogP contribution in [0.4, 0.5) is 0 Å². The van der Waals surface area contributed by atoms with E-state index in [1.807, 2.05) is 25.1 Å². The summed E-state index contributed by atoms with van der Waals surface area (Å²) < 4.78 is 11.0. The van der Waals surface area contributed by atoms with Gasteiger partial charge in [-0.25, -0.2) is 0 Å². The van der Waals surface area contributed by atoms with Gasteiger partial charge in [-0.15, -0.1) is 0 Å². The molecule has 1 heterocycles. The standard InChI is InChI=1S/C15H23NO3/c1-10(2)9-16-11(3)15(17)12-4-5-13-14(8-12)19-7-6-18-13/h4-5,8,10-11,15-17H,6-7,9H2,1-3H3. The molecule has 0 amide bonds. The molecular weight excluding hydrogens is 242 g/mol. The molecule has 2 rings (SSSR count). The Morgan fingerprint density at radius 3 is 2.53 bits per heavy atom. The predicted molar refractivity (Wildman–Crippen MR) is 74.7 cm³/mol. The lowest BCUT2D eigenvalue weighted by Gasteiger charge is -2.24. The molecular formula is C15H23NO3. The molecule has 2 atom stereocenters. The van der Waals surface area contributed by atoms with Gasteiger partial charge in [-0.1, -0.05) is 19.9 Å². The van der Waals surface area contributed by atoms with Crippen molar-refractivity contribution < 1.29 is 14.6 Å². The largest absolute Gasteiger partial charge is 0.486 e. The van der Waals surface area contributed by atoms with Crippen molar-refractivity contribution in [1.82, 2.24) is 5.32 Å². The summed E-state index contributed by atoms with van der Waals surface area (Å²) in [7, 11) is 0. The van der Waals surface area contributed by atoms with Crippen molar-refractivity contribution in [3.05, 3.63) is 23.8 Å². The van der Waals surface area contributed by atoms with Crippen LogP contribution in [0.3, 0.4) is 0 Å². The summed E-state index contributed by atoms with van der Waals surface area (Å²) in [5.74, 6) is 2.04. The van der Waals surface area contributed by atoms with Gasteiger partial charge in [0.15, 0.2) is 11.5 Å². The number of fused-ring (bicyclic) bond motifs is 1. The summed E-state index contributed by atoms with van der Waals surface area (Å²) in [5, 5.41) is 13.7. The van der Waals surface area contributed by atoms with Crippen LogP contribution in [0.15, 0.2) is 18.2 Å².